The van der Waals surface area contributed by atoms with Gasteiger partial charge in [0.25, 0.3) is 0 Å². The number of anilines is 1. The highest BCUT2D eigenvalue weighted by Gasteiger charge is 2.07. The molecule has 0 bridgehead atoms. The van der Waals surface area contributed by atoms with Crippen LogP contribution in [0.5, 0.6) is 0 Å². The molecule has 3 N–H and O–H groups in total. The smallest absolute Gasteiger partial charge is 0.131 e. The number of nitrogens with two attached hydrogens (primary N) is 1. The average Bonchev–Trinajstić information content (AvgIpc) is 2.19. The van der Waals surface area contributed by atoms with Crippen molar-refractivity contribution in [3.63, 3.8) is 0 Å². The van der Waals surface area contributed by atoms with E-state index in [2.05, 4.69) is 16.9 Å². The molecule has 0 aliphatic carbocycles. The van der Waals surface area contributed by atoms with E-state index < -0.39 is 0 Å². The summed E-state index contributed by atoms with van der Waals surface area (Å²) in [5.74, 6) is 1.20. The minimum atomic E-state index is 0.153. The van der Waals surface area contributed by atoms with Crippen molar-refractivity contribution in [1.29, 1.82) is 0 Å². The van der Waals surface area contributed by atoms with Crippen LogP contribution in [0.2, 0.25) is 0 Å². The molecule has 0 fully saturated rings. The fraction of sp³-hybridized carbons (Fsp3) is 0.556. The molecule has 1 aromatic rings. The van der Waals surface area contributed by atoms with E-state index >= 15 is 0 Å². The minimum absolute atomic E-state index is 0.153. The first-order chi connectivity index (χ1) is 6.79. The largest absolute Gasteiger partial charge is 0.396 e. The summed E-state index contributed by atoms with van der Waals surface area (Å²) in [4.78, 5) is 8.11. The van der Waals surface area contributed by atoms with Crippen molar-refractivity contribution in [2.45, 2.75) is 24.8 Å². The molecule has 0 unspecified atom stereocenters. The summed E-state index contributed by atoms with van der Waals surface area (Å²) in [6.45, 7) is 2.24. The quantitative estimate of drug-likeness (QED) is 0.566. The number of aliphatic hydroxyl groups excluding tert-OH is 1. The van der Waals surface area contributed by atoms with Gasteiger partial charge in [-0.05, 0) is 6.42 Å². The van der Waals surface area contributed by atoms with E-state index in [1.807, 2.05) is 0 Å². The Hall–Kier alpha value is -0.810. The summed E-state index contributed by atoms with van der Waals surface area (Å²) in [5.41, 5.74) is 6.76. The van der Waals surface area contributed by atoms with E-state index in [1.165, 1.54) is 18.1 Å². The van der Waals surface area contributed by atoms with Gasteiger partial charge in [-0.25, -0.2) is 9.97 Å². The molecule has 0 amide bonds. The lowest BCUT2D eigenvalue weighted by atomic mass is 10.2. The van der Waals surface area contributed by atoms with Gasteiger partial charge in [-0.3, -0.25) is 0 Å². The van der Waals surface area contributed by atoms with Gasteiger partial charge in [0.1, 0.15) is 17.2 Å². The predicted octanol–water partition coefficient (Wildman–Crippen LogP) is 1.10. The number of thioether (sulfide) groups is 1. The van der Waals surface area contributed by atoms with Crippen LogP contribution < -0.4 is 5.73 Å². The maximum atomic E-state index is 8.72. The minimum Gasteiger partial charge on any atom is -0.396 e. The molecule has 0 spiro atoms. The molecule has 1 rings (SSSR count). The second-order valence-corrected chi connectivity index (χ2v) is 3.95. The number of aromatic nitrogens is 2. The highest BCUT2D eigenvalue weighted by atomic mass is 32.2. The Bertz CT molecular complexity index is 293. The molecular weight excluding hydrogens is 198 g/mol. The molecule has 14 heavy (non-hydrogen) atoms. The average molecular weight is 213 g/mol. The van der Waals surface area contributed by atoms with Gasteiger partial charge in [0.05, 0.1) is 6.61 Å². The molecule has 4 nitrogen and oxygen atoms in total. The van der Waals surface area contributed by atoms with E-state index in [1.54, 1.807) is 0 Å². The number of hydrogen-bond donors (Lipinski definition) is 2. The van der Waals surface area contributed by atoms with Crippen molar-refractivity contribution in [1.82, 2.24) is 9.97 Å². The molecule has 0 aromatic carbocycles. The maximum Gasteiger partial charge on any atom is 0.131 e. The van der Waals surface area contributed by atoms with Crippen molar-refractivity contribution in [2.75, 3.05) is 18.1 Å². The zero-order chi connectivity index (χ0) is 10.4. The molecule has 0 aliphatic heterocycles. The summed E-state index contributed by atoms with van der Waals surface area (Å²) in [6.07, 6.45) is 3.37. The number of nitrogen functional groups attached to an aromatic ring is 1. The van der Waals surface area contributed by atoms with Crippen LogP contribution >= 0.6 is 11.8 Å². The van der Waals surface area contributed by atoms with Crippen LogP contribution in [0, 0.1) is 0 Å². The first-order valence-corrected chi connectivity index (χ1v) is 5.61. The molecule has 1 aromatic heterocycles. The van der Waals surface area contributed by atoms with Crippen LogP contribution in [-0.2, 0) is 6.42 Å². The lowest BCUT2D eigenvalue weighted by Gasteiger charge is -2.07. The van der Waals surface area contributed by atoms with E-state index in [0.717, 1.165) is 23.4 Å². The maximum absolute atomic E-state index is 8.72. The third kappa shape index (κ3) is 2.85. The fourth-order valence-corrected chi connectivity index (χ4v) is 1.95. The fourth-order valence-electron chi connectivity index (χ4n) is 1.16. The van der Waals surface area contributed by atoms with Crippen molar-refractivity contribution < 1.29 is 5.11 Å². The summed E-state index contributed by atoms with van der Waals surface area (Å²) in [5, 5.41) is 9.62. The van der Waals surface area contributed by atoms with E-state index in [-0.39, 0.29) is 6.61 Å². The Kier molecular flexibility index (Phi) is 4.69. The first-order valence-electron chi connectivity index (χ1n) is 4.62. The van der Waals surface area contributed by atoms with Crippen LogP contribution in [0.3, 0.4) is 0 Å². The van der Waals surface area contributed by atoms with Crippen LogP contribution in [0.4, 0.5) is 5.82 Å². The standard InChI is InChI=1S/C9H15N3OS/c1-2-3-7-8(10)11-6-12-9(7)14-5-4-13/h6,13H,2-5H2,1H3,(H2,10,11,12). The Morgan fingerprint density at radius 3 is 2.93 bits per heavy atom. The summed E-state index contributed by atoms with van der Waals surface area (Å²) >= 11 is 1.52. The molecule has 0 saturated heterocycles. The summed E-state index contributed by atoms with van der Waals surface area (Å²) in [7, 11) is 0. The molecular formula is C9H15N3OS. The van der Waals surface area contributed by atoms with E-state index in [0.29, 0.717) is 11.6 Å². The zero-order valence-corrected chi connectivity index (χ0v) is 9.05. The van der Waals surface area contributed by atoms with Crippen LogP contribution in [0.1, 0.15) is 18.9 Å². The van der Waals surface area contributed by atoms with Gasteiger partial charge in [0, 0.05) is 11.3 Å². The highest BCUT2D eigenvalue weighted by Crippen LogP contribution is 2.23. The number of rotatable bonds is 5. The lowest BCUT2D eigenvalue weighted by molar-refractivity contribution is 0.322. The van der Waals surface area contributed by atoms with Crippen molar-refractivity contribution in [3.8, 4) is 0 Å². The van der Waals surface area contributed by atoms with Gasteiger partial charge < -0.3 is 10.8 Å². The van der Waals surface area contributed by atoms with Gasteiger partial charge in [0.15, 0.2) is 0 Å². The van der Waals surface area contributed by atoms with Gasteiger partial charge in [-0.15, -0.1) is 11.8 Å². The van der Waals surface area contributed by atoms with Crippen LogP contribution in [0.15, 0.2) is 11.4 Å². The topological polar surface area (TPSA) is 72.0 Å². The van der Waals surface area contributed by atoms with Crippen LogP contribution in [-0.4, -0.2) is 27.4 Å². The third-order valence-corrected chi connectivity index (χ3v) is 2.78. The molecule has 0 atom stereocenters. The molecule has 78 valence electrons. The van der Waals surface area contributed by atoms with Gasteiger partial charge in [0.2, 0.25) is 0 Å². The van der Waals surface area contributed by atoms with Gasteiger partial charge in [-0.1, -0.05) is 13.3 Å². The monoisotopic (exact) mass is 213 g/mol. The molecule has 0 saturated carbocycles. The predicted molar refractivity (Wildman–Crippen MR) is 58.2 cm³/mol. The zero-order valence-electron chi connectivity index (χ0n) is 8.23. The Morgan fingerprint density at radius 2 is 2.29 bits per heavy atom. The van der Waals surface area contributed by atoms with Gasteiger partial charge >= 0.3 is 0 Å². The van der Waals surface area contributed by atoms with Crippen molar-refractivity contribution >= 4 is 17.6 Å². The van der Waals surface area contributed by atoms with Crippen molar-refractivity contribution in [3.05, 3.63) is 11.9 Å². The molecule has 1 heterocycles. The van der Waals surface area contributed by atoms with E-state index in [9.17, 15) is 0 Å². The Balaban J connectivity index is 2.83. The van der Waals surface area contributed by atoms with Crippen LogP contribution in [0.25, 0.3) is 0 Å². The third-order valence-electron chi connectivity index (χ3n) is 1.77. The van der Waals surface area contributed by atoms with Crippen molar-refractivity contribution in [2.24, 2.45) is 0 Å². The summed E-state index contributed by atoms with van der Waals surface area (Å²) in [6, 6.07) is 0. The summed E-state index contributed by atoms with van der Waals surface area (Å²) < 4.78 is 0. The second-order valence-electron chi connectivity index (χ2n) is 2.86. The Labute approximate surface area is 88.0 Å². The highest BCUT2D eigenvalue weighted by molar-refractivity contribution is 7.99. The Morgan fingerprint density at radius 1 is 1.50 bits per heavy atom. The molecule has 0 aliphatic rings. The number of hydrogen-bond acceptors (Lipinski definition) is 5. The second kappa shape index (κ2) is 5.82. The normalized spacial score (nSPS) is 10.4. The van der Waals surface area contributed by atoms with E-state index in [4.69, 9.17) is 10.8 Å². The molecule has 0 radical (unpaired) electrons. The number of aliphatic hydroxyl groups is 1. The first kappa shape index (κ1) is 11.3. The van der Waals surface area contributed by atoms with Gasteiger partial charge in [-0.2, -0.15) is 0 Å². The molecule has 5 heteroatoms. The SMILES string of the molecule is CCCc1c(N)ncnc1SCCO. The number of nitrogens with zero attached hydrogens (tertiary/aromatic N) is 2. The lowest BCUT2D eigenvalue weighted by Crippen LogP contribution is -2.02.